The summed E-state index contributed by atoms with van der Waals surface area (Å²) >= 11 is 6.19. The second kappa shape index (κ2) is 10.6. The van der Waals surface area contributed by atoms with Crippen LogP contribution in [0, 0.1) is 12.7 Å². The Balaban J connectivity index is 1.59. The van der Waals surface area contributed by atoms with E-state index < -0.39 is 24.0 Å². The van der Waals surface area contributed by atoms with E-state index in [1.165, 1.54) is 18.2 Å². The molecule has 7 nitrogen and oxygen atoms in total. The number of carboxylic acids is 1. The highest BCUT2D eigenvalue weighted by Crippen LogP contribution is 2.34. The predicted molar refractivity (Wildman–Crippen MR) is 133 cm³/mol. The van der Waals surface area contributed by atoms with Gasteiger partial charge in [0.2, 0.25) is 0 Å². The zero-order valence-corrected chi connectivity index (χ0v) is 20.2. The standard InChI is InChI=1S/C27H22ClFN2O5/c1-15(20-8-3-4-9-22(20)28)35-27(34)30-25-16(2)36-31-26(25)19-7-5-6-18(14-19)21-12-17(13-24(32)33)10-11-23(21)29/h3-12,14-15H,13H2,1-2H3,(H,30,34)(H,32,33). The van der Waals surface area contributed by atoms with Gasteiger partial charge in [-0.25, -0.2) is 9.18 Å². The number of hydrogen-bond acceptors (Lipinski definition) is 5. The normalized spacial score (nSPS) is 11.7. The zero-order valence-electron chi connectivity index (χ0n) is 19.4. The first-order valence-electron chi connectivity index (χ1n) is 11.0. The van der Waals surface area contributed by atoms with Crippen molar-refractivity contribution in [1.29, 1.82) is 0 Å². The van der Waals surface area contributed by atoms with Crippen molar-refractivity contribution in [3.05, 3.63) is 94.5 Å². The molecular weight excluding hydrogens is 487 g/mol. The maximum Gasteiger partial charge on any atom is 0.412 e. The molecule has 1 atom stereocenters. The number of aryl methyl sites for hydroxylation is 1. The molecule has 184 valence electrons. The summed E-state index contributed by atoms with van der Waals surface area (Å²) in [7, 11) is 0. The Hall–Kier alpha value is -4.17. The van der Waals surface area contributed by atoms with Gasteiger partial charge in [-0.05, 0) is 49.2 Å². The van der Waals surface area contributed by atoms with Crippen LogP contribution in [-0.4, -0.2) is 22.3 Å². The summed E-state index contributed by atoms with van der Waals surface area (Å²) in [6.45, 7) is 3.35. The van der Waals surface area contributed by atoms with Crippen LogP contribution in [-0.2, 0) is 16.0 Å². The molecule has 3 aromatic carbocycles. The molecule has 0 bridgehead atoms. The van der Waals surface area contributed by atoms with Crippen molar-refractivity contribution in [3.63, 3.8) is 0 Å². The van der Waals surface area contributed by atoms with Crippen LogP contribution in [0.2, 0.25) is 5.02 Å². The van der Waals surface area contributed by atoms with E-state index in [0.29, 0.717) is 44.4 Å². The van der Waals surface area contributed by atoms with Crippen molar-refractivity contribution in [2.75, 3.05) is 5.32 Å². The lowest BCUT2D eigenvalue weighted by atomic mass is 9.98. The summed E-state index contributed by atoms with van der Waals surface area (Å²) in [5.41, 5.74) is 3.09. The number of benzene rings is 3. The molecule has 1 amide bonds. The second-order valence-electron chi connectivity index (χ2n) is 8.12. The van der Waals surface area contributed by atoms with E-state index in [0.717, 1.165) is 0 Å². The fourth-order valence-corrected chi connectivity index (χ4v) is 4.08. The van der Waals surface area contributed by atoms with E-state index in [1.807, 2.05) is 0 Å². The third kappa shape index (κ3) is 5.55. The molecule has 0 saturated carbocycles. The Kier molecular flexibility index (Phi) is 7.36. The highest BCUT2D eigenvalue weighted by molar-refractivity contribution is 6.31. The largest absolute Gasteiger partial charge is 0.481 e. The molecule has 4 aromatic rings. The van der Waals surface area contributed by atoms with Crippen molar-refractivity contribution in [2.24, 2.45) is 0 Å². The minimum Gasteiger partial charge on any atom is -0.481 e. The Morgan fingerprint density at radius 1 is 1.11 bits per heavy atom. The van der Waals surface area contributed by atoms with Crippen LogP contribution in [0.3, 0.4) is 0 Å². The molecule has 9 heteroatoms. The quantitative estimate of drug-likeness (QED) is 0.277. The Morgan fingerprint density at radius 3 is 2.61 bits per heavy atom. The first kappa shape index (κ1) is 24.9. The number of rotatable bonds is 7. The molecule has 0 aliphatic carbocycles. The summed E-state index contributed by atoms with van der Waals surface area (Å²) in [4.78, 5) is 23.7. The summed E-state index contributed by atoms with van der Waals surface area (Å²) in [6.07, 6.45) is -1.55. The van der Waals surface area contributed by atoms with Gasteiger partial charge in [-0.1, -0.05) is 59.2 Å². The molecule has 36 heavy (non-hydrogen) atoms. The minimum atomic E-state index is -1.01. The smallest absolute Gasteiger partial charge is 0.412 e. The van der Waals surface area contributed by atoms with Crippen LogP contribution in [0.15, 0.2) is 71.3 Å². The van der Waals surface area contributed by atoms with Crippen LogP contribution in [0.4, 0.5) is 14.9 Å². The predicted octanol–water partition coefficient (Wildman–Crippen LogP) is 7.05. The van der Waals surface area contributed by atoms with Gasteiger partial charge in [0.05, 0.1) is 6.42 Å². The van der Waals surface area contributed by atoms with E-state index >= 15 is 0 Å². The molecule has 0 saturated heterocycles. The lowest BCUT2D eigenvalue weighted by molar-refractivity contribution is -0.136. The molecule has 2 N–H and O–H groups in total. The van der Waals surface area contributed by atoms with Crippen molar-refractivity contribution < 1.29 is 28.3 Å². The van der Waals surface area contributed by atoms with Crippen LogP contribution < -0.4 is 5.32 Å². The number of carbonyl (C=O) groups excluding carboxylic acids is 1. The van der Waals surface area contributed by atoms with Crippen molar-refractivity contribution >= 4 is 29.4 Å². The number of carboxylic acid groups (broad SMARTS) is 1. The van der Waals surface area contributed by atoms with Crippen LogP contribution in [0.5, 0.6) is 0 Å². The highest BCUT2D eigenvalue weighted by Gasteiger charge is 2.21. The second-order valence-corrected chi connectivity index (χ2v) is 8.53. The van der Waals surface area contributed by atoms with Gasteiger partial charge >= 0.3 is 12.1 Å². The van der Waals surface area contributed by atoms with Crippen LogP contribution >= 0.6 is 11.6 Å². The van der Waals surface area contributed by atoms with Gasteiger partial charge in [-0.2, -0.15) is 0 Å². The molecule has 1 unspecified atom stereocenters. The van der Waals surface area contributed by atoms with E-state index in [-0.39, 0.29) is 12.0 Å². The number of nitrogens with zero attached hydrogens (tertiary/aromatic N) is 1. The summed E-state index contributed by atoms with van der Waals surface area (Å²) in [5, 5.41) is 16.3. The average molecular weight is 509 g/mol. The van der Waals surface area contributed by atoms with Gasteiger partial charge in [-0.3, -0.25) is 10.1 Å². The number of hydrogen-bond donors (Lipinski definition) is 2. The molecule has 0 fully saturated rings. The highest BCUT2D eigenvalue weighted by atomic mass is 35.5. The SMILES string of the molecule is Cc1onc(-c2cccc(-c3cc(CC(=O)O)ccc3F)c2)c1NC(=O)OC(C)c1ccccc1Cl. The van der Waals surface area contributed by atoms with Crippen molar-refractivity contribution in [1.82, 2.24) is 5.16 Å². The van der Waals surface area contributed by atoms with E-state index in [9.17, 15) is 14.0 Å². The maximum absolute atomic E-state index is 14.6. The molecule has 0 aliphatic heterocycles. The summed E-state index contributed by atoms with van der Waals surface area (Å²) in [5.74, 6) is -1.15. The number of aromatic nitrogens is 1. The van der Waals surface area contributed by atoms with Gasteiger partial charge in [0.25, 0.3) is 0 Å². The molecule has 1 heterocycles. The fourth-order valence-electron chi connectivity index (χ4n) is 3.79. The van der Waals surface area contributed by atoms with Crippen molar-refractivity contribution in [2.45, 2.75) is 26.4 Å². The van der Waals surface area contributed by atoms with Gasteiger partial charge in [0.15, 0.2) is 5.76 Å². The number of anilines is 1. The van der Waals surface area contributed by atoms with Gasteiger partial charge in [0.1, 0.15) is 23.3 Å². The van der Waals surface area contributed by atoms with Crippen LogP contribution in [0.25, 0.3) is 22.4 Å². The number of nitrogens with one attached hydrogen (secondary N) is 1. The number of aliphatic carboxylic acids is 1. The van der Waals surface area contributed by atoms with Crippen LogP contribution in [0.1, 0.15) is 29.9 Å². The number of amides is 1. The fraction of sp³-hybridized carbons (Fsp3) is 0.148. The first-order valence-corrected chi connectivity index (χ1v) is 11.4. The summed E-state index contributed by atoms with van der Waals surface area (Å²) in [6, 6.07) is 18.1. The third-order valence-corrected chi connectivity index (χ3v) is 5.89. The minimum absolute atomic E-state index is 0.224. The summed E-state index contributed by atoms with van der Waals surface area (Å²) < 4.78 is 25.4. The van der Waals surface area contributed by atoms with Crippen molar-refractivity contribution in [3.8, 4) is 22.4 Å². The lowest BCUT2D eigenvalue weighted by Crippen LogP contribution is -2.17. The zero-order chi connectivity index (χ0) is 25.8. The topological polar surface area (TPSA) is 102 Å². The number of ether oxygens (including phenoxy) is 1. The third-order valence-electron chi connectivity index (χ3n) is 5.55. The van der Waals surface area contributed by atoms with E-state index in [2.05, 4.69) is 10.5 Å². The lowest BCUT2D eigenvalue weighted by Gasteiger charge is -2.15. The van der Waals surface area contributed by atoms with E-state index in [1.54, 1.807) is 62.4 Å². The number of carbonyl (C=O) groups is 2. The van der Waals surface area contributed by atoms with Gasteiger partial charge < -0.3 is 14.4 Å². The molecule has 0 aliphatic rings. The molecular formula is C27H22ClFN2O5. The Morgan fingerprint density at radius 2 is 1.86 bits per heavy atom. The molecule has 1 aromatic heterocycles. The Labute approximate surface area is 211 Å². The van der Waals surface area contributed by atoms with Gasteiger partial charge in [-0.15, -0.1) is 0 Å². The average Bonchev–Trinajstić information content (AvgIpc) is 3.20. The maximum atomic E-state index is 14.6. The monoisotopic (exact) mass is 508 g/mol. The molecule has 0 radical (unpaired) electrons. The number of halogens is 2. The molecule has 0 spiro atoms. The Bertz CT molecular complexity index is 1440. The molecule has 4 rings (SSSR count). The first-order chi connectivity index (χ1) is 17.2. The van der Waals surface area contributed by atoms with E-state index in [4.69, 9.17) is 26.0 Å². The van der Waals surface area contributed by atoms with Gasteiger partial charge in [0, 0.05) is 21.7 Å².